The molecule has 0 fully saturated rings. The molecule has 2 aromatic carbocycles. The number of halogens is 3. The normalized spacial score (nSPS) is 12.5. The van der Waals surface area contributed by atoms with Gasteiger partial charge in [0.15, 0.2) is 5.78 Å². The highest BCUT2D eigenvalue weighted by molar-refractivity contribution is 5.98. The summed E-state index contributed by atoms with van der Waals surface area (Å²) in [5.74, 6) is -0.197. The van der Waals surface area contributed by atoms with Crippen LogP contribution in [0.5, 0.6) is 5.75 Å². The Balaban J connectivity index is 1.57. The smallest absolute Gasteiger partial charge is 0.405 e. The second-order valence-corrected chi connectivity index (χ2v) is 6.85. The van der Waals surface area contributed by atoms with Gasteiger partial charge < -0.3 is 10.1 Å². The number of anilines is 1. The zero-order valence-electron chi connectivity index (χ0n) is 16.4. The molecular weight excluding hydrogens is 395 g/mol. The predicted molar refractivity (Wildman–Crippen MR) is 109 cm³/mol. The van der Waals surface area contributed by atoms with Gasteiger partial charge in [0.25, 0.3) is 0 Å². The Bertz CT molecular complexity index is 1010. The van der Waals surface area contributed by atoms with Gasteiger partial charge in [-0.05, 0) is 43.5 Å². The van der Waals surface area contributed by atoms with Crippen LogP contribution in [-0.4, -0.2) is 28.2 Å². The Morgan fingerprint density at radius 2 is 1.80 bits per heavy atom. The van der Waals surface area contributed by atoms with Gasteiger partial charge in [-0.25, -0.2) is 4.98 Å². The van der Waals surface area contributed by atoms with Gasteiger partial charge in [-0.3, -0.25) is 9.78 Å². The van der Waals surface area contributed by atoms with Crippen LogP contribution in [-0.2, 0) is 0 Å². The SMILES string of the molecule is CCC(CCCC(=O)c1ccccc1OC(F)(F)F)Nc1cnc2ccccc2n1. The number of hydrogen-bond donors (Lipinski definition) is 1. The van der Waals surface area contributed by atoms with Gasteiger partial charge in [0, 0.05) is 12.5 Å². The first kappa shape index (κ1) is 21.5. The Morgan fingerprint density at radius 1 is 1.10 bits per heavy atom. The van der Waals surface area contributed by atoms with Gasteiger partial charge in [0.05, 0.1) is 22.8 Å². The summed E-state index contributed by atoms with van der Waals surface area (Å²) in [5, 5.41) is 3.32. The number of Topliss-reactive ketones (excluding diaryl/α,β-unsaturated/α-hetero) is 1. The molecule has 0 saturated carbocycles. The zero-order valence-corrected chi connectivity index (χ0v) is 16.4. The average molecular weight is 417 g/mol. The number of benzene rings is 2. The molecule has 30 heavy (non-hydrogen) atoms. The third-order valence-corrected chi connectivity index (χ3v) is 4.66. The molecule has 3 rings (SSSR count). The molecule has 0 bridgehead atoms. The number of rotatable bonds is 9. The van der Waals surface area contributed by atoms with Gasteiger partial charge >= 0.3 is 6.36 Å². The second kappa shape index (κ2) is 9.56. The lowest BCUT2D eigenvalue weighted by Gasteiger charge is -2.17. The van der Waals surface area contributed by atoms with Crippen molar-refractivity contribution in [3.63, 3.8) is 0 Å². The molecule has 0 aliphatic heterocycles. The summed E-state index contributed by atoms with van der Waals surface area (Å²) < 4.78 is 41.6. The van der Waals surface area contributed by atoms with Gasteiger partial charge in [-0.15, -0.1) is 13.2 Å². The number of carbonyl (C=O) groups excluding carboxylic acids is 1. The summed E-state index contributed by atoms with van der Waals surface area (Å²) in [6, 6.07) is 13.0. The molecule has 0 spiro atoms. The highest BCUT2D eigenvalue weighted by atomic mass is 19.4. The van der Waals surface area contributed by atoms with Crippen molar-refractivity contribution >= 4 is 22.6 Å². The average Bonchev–Trinajstić information content (AvgIpc) is 2.72. The largest absolute Gasteiger partial charge is 0.573 e. The lowest BCUT2D eigenvalue weighted by atomic mass is 10.0. The summed E-state index contributed by atoms with van der Waals surface area (Å²) in [5.41, 5.74) is 1.53. The van der Waals surface area contributed by atoms with Gasteiger partial charge in [-0.2, -0.15) is 0 Å². The van der Waals surface area contributed by atoms with Gasteiger partial charge in [0.2, 0.25) is 0 Å². The fraction of sp³-hybridized carbons (Fsp3) is 0.318. The van der Waals surface area contributed by atoms with Crippen molar-refractivity contribution in [1.29, 1.82) is 0 Å². The summed E-state index contributed by atoms with van der Waals surface area (Å²) in [6.07, 6.45) is -1.06. The fourth-order valence-corrected chi connectivity index (χ4v) is 3.17. The lowest BCUT2D eigenvalue weighted by Crippen LogP contribution is -2.20. The van der Waals surface area contributed by atoms with E-state index in [4.69, 9.17) is 0 Å². The molecule has 8 heteroatoms. The minimum absolute atomic E-state index is 0.0590. The van der Waals surface area contributed by atoms with Crippen molar-refractivity contribution in [3.05, 3.63) is 60.3 Å². The van der Waals surface area contributed by atoms with Crippen LogP contribution in [0.4, 0.5) is 19.0 Å². The molecule has 0 radical (unpaired) electrons. The van der Waals surface area contributed by atoms with Crippen LogP contribution in [0.25, 0.3) is 11.0 Å². The van der Waals surface area contributed by atoms with Crippen molar-refractivity contribution in [2.45, 2.75) is 45.0 Å². The van der Waals surface area contributed by atoms with E-state index in [1.807, 2.05) is 31.2 Å². The molecule has 3 aromatic rings. The first-order valence-corrected chi connectivity index (χ1v) is 9.72. The van der Waals surface area contributed by atoms with E-state index in [-0.39, 0.29) is 23.8 Å². The summed E-state index contributed by atoms with van der Waals surface area (Å²) >= 11 is 0. The van der Waals surface area contributed by atoms with Crippen LogP contribution in [0.2, 0.25) is 0 Å². The van der Waals surface area contributed by atoms with Crippen molar-refractivity contribution in [1.82, 2.24) is 9.97 Å². The zero-order chi connectivity index (χ0) is 21.6. The van der Waals surface area contributed by atoms with E-state index in [1.54, 1.807) is 6.20 Å². The molecule has 158 valence electrons. The van der Waals surface area contributed by atoms with Crippen LogP contribution < -0.4 is 10.1 Å². The number of para-hydroxylation sites is 3. The van der Waals surface area contributed by atoms with Crippen molar-refractivity contribution in [3.8, 4) is 5.75 Å². The number of nitrogens with one attached hydrogen (secondary N) is 1. The van der Waals surface area contributed by atoms with E-state index in [0.717, 1.165) is 23.5 Å². The first-order chi connectivity index (χ1) is 14.4. The molecule has 0 amide bonds. The summed E-state index contributed by atoms with van der Waals surface area (Å²) in [7, 11) is 0. The number of carbonyl (C=O) groups is 1. The molecule has 1 unspecified atom stereocenters. The Labute approximate surface area is 172 Å². The van der Waals surface area contributed by atoms with Crippen LogP contribution >= 0.6 is 0 Å². The highest BCUT2D eigenvalue weighted by Gasteiger charge is 2.32. The third-order valence-electron chi connectivity index (χ3n) is 4.66. The maximum Gasteiger partial charge on any atom is 0.573 e. The van der Waals surface area contributed by atoms with E-state index in [9.17, 15) is 18.0 Å². The number of fused-ring (bicyclic) bond motifs is 1. The van der Waals surface area contributed by atoms with Crippen molar-refractivity contribution in [2.75, 3.05) is 5.32 Å². The predicted octanol–water partition coefficient (Wildman–Crippen LogP) is 5.77. The number of hydrogen-bond acceptors (Lipinski definition) is 5. The topological polar surface area (TPSA) is 64.1 Å². The number of ether oxygens (including phenoxy) is 1. The van der Waals surface area contributed by atoms with Crippen LogP contribution in [0.1, 0.15) is 43.0 Å². The molecule has 0 aliphatic rings. The Morgan fingerprint density at radius 3 is 2.53 bits per heavy atom. The van der Waals surface area contributed by atoms with Gasteiger partial charge in [-0.1, -0.05) is 31.2 Å². The van der Waals surface area contributed by atoms with Gasteiger partial charge in [0.1, 0.15) is 11.6 Å². The molecule has 1 atom stereocenters. The Kier molecular flexibility index (Phi) is 6.87. The number of aromatic nitrogens is 2. The number of nitrogens with zero attached hydrogens (tertiary/aromatic N) is 2. The van der Waals surface area contributed by atoms with Crippen molar-refractivity contribution in [2.24, 2.45) is 0 Å². The fourth-order valence-electron chi connectivity index (χ4n) is 3.17. The number of alkyl halides is 3. The number of ketones is 1. The summed E-state index contributed by atoms with van der Waals surface area (Å²) in [4.78, 5) is 21.3. The maximum atomic E-state index is 12.5. The first-order valence-electron chi connectivity index (χ1n) is 9.72. The molecule has 5 nitrogen and oxygen atoms in total. The Hall–Kier alpha value is -3.16. The molecule has 1 N–H and O–H groups in total. The van der Waals surface area contributed by atoms with Crippen LogP contribution in [0.15, 0.2) is 54.7 Å². The summed E-state index contributed by atoms with van der Waals surface area (Å²) in [6.45, 7) is 2.01. The quantitative estimate of drug-likeness (QED) is 0.448. The third kappa shape index (κ3) is 5.92. The van der Waals surface area contributed by atoms with E-state index in [1.165, 1.54) is 18.2 Å². The molecule has 0 saturated heterocycles. The molecular formula is C22H22F3N3O2. The molecule has 1 heterocycles. The monoisotopic (exact) mass is 417 g/mol. The van der Waals surface area contributed by atoms with E-state index >= 15 is 0 Å². The molecule has 0 aliphatic carbocycles. The lowest BCUT2D eigenvalue weighted by molar-refractivity contribution is -0.274. The minimum atomic E-state index is -4.84. The second-order valence-electron chi connectivity index (χ2n) is 6.85. The maximum absolute atomic E-state index is 12.5. The van der Waals surface area contributed by atoms with E-state index in [2.05, 4.69) is 20.0 Å². The van der Waals surface area contributed by atoms with E-state index < -0.39 is 12.1 Å². The highest BCUT2D eigenvalue weighted by Crippen LogP contribution is 2.27. The van der Waals surface area contributed by atoms with E-state index in [0.29, 0.717) is 18.7 Å². The van der Waals surface area contributed by atoms with Crippen LogP contribution in [0.3, 0.4) is 0 Å². The van der Waals surface area contributed by atoms with Crippen LogP contribution in [0, 0.1) is 0 Å². The molecule has 1 aromatic heterocycles. The minimum Gasteiger partial charge on any atom is -0.405 e. The standard InChI is InChI=1S/C22H22F3N3O2/c1-2-15(27-21-14-26-17-10-4-5-11-18(17)28-21)8-7-12-19(29)16-9-3-6-13-20(16)30-22(23,24)25/h3-6,9-11,13-15H,2,7-8,12H2,1H3,(H,27,28). The van der Waals surface area contributed by atoms with Crippen molar-refractivity contribution < 1.29 is 22.7 Å².